The summed E-state index contributed by atoms with van der Waals surface area (Å²) < 4.78 is 26.9. The van der Waals surface area contributed by atoms with E-state index in [1.165, 1.54) is 6.92 Å². The highest BCUT2D eigenvalue weighted by molar-refractivity contribution is 7.89. The zero-order chi connectivity index (χ0) is 20.1. The van der Waals surface area contributed by atoms with E-state index in [0.29, 0.717) is 17.8 Å². The maximum absolute atomic E-state index is 12.1. The molecule has 2 aromatic rings. The Morgan fingerprint density at radius 2 is 1.50 bits per heavy atom. The van der Waals surface area contributed by atoms with Gasteiger partial charge in [0.2, 0.25) is 21.8 Å². The molecule has 1 fully saturated rings. The molecule has 0 saturated heterocycles. The van der Waals surface area contributed by atoms with Gasteiger partial charge in [0.15, 0.2) is 0 Å². The van der Waals surface area contributed by atoms with Crippen LogP contribution < -0.4 is 15.4 Å². The van der Waals surface area contributed by atoms with Gasteiger partial charge in [-0.3, -0.25) is 9.59 Å². The number of carbonyl (C=O) groups is 2. The molecule has 2 amide bonds. The zero-order valence-corrected chi connectivity index (χ0v) is 16.4. The van der Waals surface area contributed by atoms with Gasteiger partial charge in [0.25, 0.3) is 0 Å². The number of aryl methyl sites for hydroxylation is 1. The van der Waals surface area contributed by atoms with Gasteiger partial charge in [0.05, 0.1) is 4.90 Å². The van der Waals surface area contributed by atoms with Crippen molar-refractivity contribution < 1.29 is 18.0 Å². The standard InChI is InChI=1S/C20H23N3O4S/c1-14(24)21-16-5-7-17(8-6-16)22-20(25)13-4-15-2-11-19(12-3-15)28(26,27)23-18-9-10-18/h2-3,5-8,11-12,18,23H,4,9-10,13H2,1H3,(H,21,24)(H,22,25). The fourth-order valence-corrected chi connectivity index (χ4v) is 3.95. The first-order chi connectivity index (χ1) is 13.3. The number of anilines is 2. The highest BCUT2D eigenvalue weighted by Crippen LogP contribution is 2.22. The summed E-state index contributed by atoms with van der Waals surface area (Å²) in [5.74, 6) is -0.293. The molecule has 7 nitrogen and oxygen atoms in total. The number of benzene rings is 2. The van der Waals surface area contributed by atoms with E-state index in [0.717, 1.165) is 18.4 Å². The number of nitrogens with one attached hydrogen (secondary N) is 3. The van der Waals surface area contributed by atoms with Crippen molar-refractivity contribution in [1.82, 2.24) is 4.72 Å². The predicted octanol–water partition coefficient (Wildman–Crippen LogP) is 2.66. The topological polar surface area (TPSA) is 104 Å². The van der Waals surface area contributed by atoms with Crippen LogP contribution in [0.4, 0.5) is 11.4 Å². The molecule has 0 radical (unpaired) electrons. The van der Waals surface area contributed by atoms with Crippen molar-refractivity contribution >= 4 is 33.2 Å². The van der Waals surface area contributed by atoms with Crippen molar-refractivity contribution in [2.45, 2.75) is 43.5 Å². The molecule has 0 spiro atoms. The van der Waals surface area contributed by atoms with Crippen LogP contribution >= 0.6 is 0 Å². The van der Waals surface area contributed by atoms with E-state index in [1.54, 1.807) is 48.5 Å². The fraction of sp³-hybridized carbons (Fsp3) is 0.300. The lowest BCUT2D eigenvalue weighted by atomic mass is 10.1. The molecular weight excluding hydrogens is 378 g/mol. The second-order valence-electron chi connectivity index (χ2n) is 6.85. The van der Waals surface area contributed by atoms with Gasteiger partial charge in [-0.25, -0.2) is 13.1 Å². The van der Waals surface area contributed by atoms with Gasteiger partial charge in [-0.05, 0) is 61.2 Å². The number of sulfonamides is 1. The average molecular weight is 401 g/mol. The van der Waals surface area contributed by atoms with Crippen LogP contribution in [0.1, 0.15) is 31.7 Å². The third kappa shape index (κ3) is 5.90. The van der Waals surface area contributed by atoms with E-state index in [-0.39, 0.29) is 29.2 Å². The third-order valence-electron chi connectivity index (χ3n) is 4.26. The highest BCUT2D eigenvalue weighted by Gasteiger charge is 2.27. The summed E-state index contributed by atoms with van der Waals surface area (Å²) >= 11 is 0. The Hall–Kier alpha value is -2.71. The van der Waals surface area contributed by atoms with Crippen LogP contribution in [-0.2, 0) is 26.0 Å². The molecule has 1 saturated carbocycles. The van der Waals surface area contributed by atoms with Gasteiger partial charge in [0, 0.05) is 30.8 Å². The minimum Gasteiger partial charge on any atom is -0.326 e. The molecule has 0 aliphatic heterocycles. The monoisotopic (exact) mass is 401 g/mol. The molecule has 1 aliphatic rings. The number of rotatable bonds is 8. The van der Waals surface area contributed by atoms with Crippen LogP contribution in [0.5, 0.6) is 0 Å². The van der Waals surface area contributed by atoms with Crippen molar-refractivity contribution in [2.24, 2.45) is 0 Å². The molecule has 8 heteroatoms. The van der Waals surface area contributed by atoms with Gasteiger partial charge in [-0.2, -0.15) is 0 Å². The molecule has 1 aliphatic carbocycles. The number of amides is 2. The summed E-state index contributed by atoms with van der Waals surface area (Å²) in [6, 6.07) is 13.5. The van der Waals surface area contributed by atoms with E-state index in [2.05, 4.69) is 15.4 Å². The Bertz CT molecular complexity index is 950. The summed E-state index contributed by atoms with van der Waals surface area (Å²) in [6.07, 6.45) is 2.57. The summed E-state index contributed by atoms with van der Waals surface area (Å²) in [5.41, 5.74) is 2.20. The summed E-state index contributed by atoms with van der Waals surface area (Å²) in [5, 5.41) is 5.46. The number of hydrogen-bond acceptors (Lipinski definition) is 4. The van der Waals surface area contributed by atoms with E-state index < -0.39 is 10.0 Å². The van der Waals surface area contributed by atoms with E-state index in [4.69, 9.17) is 0 Å². The smallest absolute Gasteiger partial charge is 0.240 e. The van der Waals surface area contributed by atoms with E-state index in [1.807, 2.05) is 0 Å². The van der Waals surface area contributed by atoms with Crippen LogP contribution in [-0.4, -0.2) is 26.3 Å². The highest BCUT2D eigenvalue weighted by atomic mass is 32.2. The lowest BCUT2D eigenvalue weighted by Gasteiger charge is -2.08. The summed E-state index contributed by atoms with van der Waals surface area (Å²) in [4.78, 5) is 23.4. The van der Waals surface area contributed by atoms with Crippen molar-refractivity contribution in [1.29, 1.82) is 0 Å². The third-order valence-corrected chi connectivity index (χ3v) is 5.80. The number of hydrogen-bond donors (Lipinski definition) is 3. The first kappa shape index (κ1) is 20.0. The van der Waals surface area contributed by atoms with Gasteiger partial charge in [-0.1, -0.05) is 12.1 Å². The molecule has 0 aromatic heterocycles. The lowest BCUT2D eigenvalue weighted by molar-refractivity contribution is -0.116. The van der Waals surface area contributed by atoms with Gasteiger partial charge >= 0.3 is 0 Å². The molecule has 148 valence electrons. The zero-order valence-electron chi connectivity index (χ0n) is 15.6. The largest absolute Gasteiger partial charge is 0.326 e. The van der Waals surface area contributed by atoms with Gasteiger partial charge in [-0.15, -0.1) is 0 Å². The molecule has 0 heterocycles. The van der Waals surface area contributed by atoms with Crippen molar-refractivity contribution in [3.63, 3.8) is 0 Å². The predicted molar refractivity (Wildman–Crippen MR) is 107 cm³/mol. The SMILES string of the molecule is CC(=O)Nc1ccc(NC(=O)CCc2ccc(S(=O)(=O)NC3CC3)cc2)cc1. The Labute approximate surface area is 164 Å². The first-order valence-corrected chi connectivity index (χ1v) is 10.6. The minimum atomic E-state index is -3.45. The van der Waals surface area contributed by atoms with E-state index >= 15 is 0 Å². The minimum absolute atomic E-state index is 0.0701. The van der Waals surface area contributed by atoms with Crippen LogP contribution in [0.15, 0.2) is 53.4 Å². The van der Waals surface area contributed by atoms with Crippen molar-refractivity contribution in [2.75, 3.05) is 10.6 Å². The normalized spacial score (nSPS) is 13.8. The molecule has 3 N–H and O–H groups in total. The van der Waals surface area contributed by atoms with Crippen LogP contribution in [0.25, 0.3) is 0 Å². The summed E-state index contributed by atoms with van der Waals surface area (Å²) in [7, 11) is -3.45. The maximum Gasteiger partial charge on any atom is 0.240 e. The Kier molecular flexibility index (Phi) is 6.11. The van der Waals surface area contributed by atoms with Crippen LogP contribution in [0.3, 0.4) is 0 Å². The van der Waals surface area contributed by atoms with Crippen molar-refractivity contribution in [3.05, 3.63) is 54.1 Å². The lowest BCUT2D eigenvalue weighted by Crippen LogP contribution is -2.25. The average Bonchev–Trinajstić information content (AvgIpc) is 3.45. The second kappa shape index (κ2) is 8.53. The van der Waals surface area contributed by atoms with Gasteiger partial charge < -0.3 is 10.6 Å². The Balaban J connectivity index is 1.49. The molecule has 2 aromatic carbocycles. The second-order valence-corrected chi connectivity index (χ2v) is 8.56. The molecular formula is C20H23N3O4S. The van der Waals surface area contributed by atoms with Crippen LogP contribution in [0.2, 0.25) is 0 Å². The maximum atomic E-state index is 12.1. The quantitative estimate of drug-likeness (QED) is 0.632. The van der Waals surface area contributed by atoms with Crippen LogP contribution in [0, 0.1) is 0 Å². The van der Waals surface area contributed by atoms with Crippen molar-refractivity contribution in [3.8, 4) is 0 Å². The summed E-state index contributed by atoms with van der Waals surface area (Å²) in [6.45, 7) is 1.43. The molecule has 28 heavy (non-hydrogen) atoms. The molecule has 3 rings (SSSR count). The first-order valence-electron chi connectivity index (χ1n) is 9.10. The molecule has 0 atom stereocenters. The van der Waals surface area contributed by atoms with E-state index in [9.17, 15) is 18.0 Å². The fourth-order valence-electron chi connectivity index (χ4n) is 2.65. The Morgan fingerprint density at radius 3 is 2.04 bits per heavy atom. The number of carbonyl (C=O) groups excluding carboxylic acids is 2. The van der Waals surface area contributed by atoms with Gasteiger partial charge in [0.1, 0.15) is 0 Å². The molecule has 0 unspecified atom stereocenters. The Morgan fingerprint density at radius 1 is 0.929 bits per heavy atom. The molecule has 0 bridgehead atoms.